The van der Waals surface area contributed by atoms with Crippen LogP contribution in [0.3, 0.4) is 0 Å². The smallest absolute Gasteiger partial charge is 0.148 e. The van der Waals surface area contributed by atoms with Gasteiger partial charge in [-0.3, -0.25) is 4.68 Å². The summed E-state index contributed by atoms with van der Waals surface area (Å²) in [7, 11) is 1.89. The predicted molar refractivity (Wildman–Crippen MR) is 109 cm³/mol. The second-order valence-electron chi connectivity index (χ2n) is 7.41. The van der Waals surface area contributed by atoms with Crippen LogP contribution >= 0.6 is 0 Å². The molecule has 0 amide bonds. The van der Waals surface area contributed by atoms with E-state index in [1.165, 1.54) is 0 Å². The highest BCUT2D eigenvalue weighted by molar-refractivity contribution is 5.73. The Hall–Kier alpha value is -3.53. The minimum Gasteiger partial charge on any atom is -0.397 e. The molecule has 0 radical (unpaired) electrons. The number of rotatable bonds is 4. The van der Waals surface area contributed by atoms with E-state index in [9.17, 15) is 5.26 Å². The molecule has 0 bridgehead atoms. The van der Waals surface area contributed by atoms with E-state index in [1.807, 2.05) is 64.5 Å². The average Bonchev–Trinajstić information content (AvgIpc) is 3.00. The number of anilines is 4. The highest BCUT2D eigenvalue weighted by atomic mass is 15.2. The van der Waals surface area contributed by atoms with Gasteiger partial charge in [-0.25, -0.2) is 4.98 Å². The number of aromatic nitrogens is 3. The van der Waals surface area contributed by atoms with E-state index in [1.54, 1.807) is 10.7 Å². The first kappa shape index (κ1) is 18.3. The van der Waals surface area contributed by atoms with Gasteiger partial charge in [-0.2, -0.15) is 10.4 Å². The molecule has 3 rings (SSSR count). The van der Waals surface area contributed by atoms with Crippen LogP contribution in [0, 0.1) is 11.3 Å². The van der Waals surface area contributed by atoms with E-state index in [0.29, 0.717) is 22.9 Å². The maximum atomic E-state index is 9.38. The maximum Gasteiger partial charge on any atom is 0.148 e. The number of nitriles is 1. The Balaban J connectivity index is 1.86. The van der Waals surface area contributed by atoms with Gasteiger partial charge in [0.2, 0.25) is 0 Å². The van der Waals surface area contributed by atoms with Crippen molar-refractivity contribution in [2.75, 3.05) is 16.4 Å². The second kappa shape index (κ2) is 7.00. The van der Waals surface area contributed by atoms with Gasteiger partial charge in [0.05, 0.1) is 11.9 Å². The summed E-state index contributed by atoms with van der Waals surface area (Å²) < 4.78 is 1.77. The van der Waals surface area contributed by atoms with E-state index in [2.05, 4.69) is 26.8 Å². The van der Waals surface area contributed by atoms with Crippen LogP contribution < -0.4 is 16.4 Å². The lowest BCUT2D eigenvalue weighted by atomic mass is 10.1. The number of nitrogens with two attached hydrogens (primary N) is 1. The standard InChI is InChI=1S/C20H23N7/c1-20(2,3)26-19-16(10-21)17(22)9-18(25-19)24-15-7-5-13(6-8-15)14-11-23-27(4)12-14/h5-9,11-12H,1-4H3,(H4,22,24,25,26). The van der Waals surface area contributed by atoms with Gasteiger partial charge in [-0.15, -0.1) is 0 Å². The Morgan fingerprint density at radius 1 is 1.15 bits per heavy atom. The Bertz CT molecular complexity index is 989. The molecule has 138 valence electrons. The van der Waals surface area contributed by atoms with Crippen molar-refractivity contribution >= 4 is 23.0 Å². The molecule has 1 aromatic carbocycles. The quantitative estimate of drug-likeness (QED) is 0.651. The lowest BCUT2D eigenvalue weighted by Gasteiger charge is -2.23. The van der Waals surface area contributed by atoms with Gasteiger partial charge in [-0.05, 0) is 38.5 Å². The van der Waals surface area contributed by atoms with E-state index in [4.69, 9.17) is 5.73 Å². The Labute approximate surface area is 158 Å². The number of nitrogen functional groups attached to an aromatic ring is 1. The van der Waals surface area contributed by atoms with Crippen LogP contribution in [0.5, 0.6) is 0 Å². The molecule has 27 heavy (non-hydrogen) atoms. The normalized spacial score (nSPS) is 11.1. The van der Waals surface area contributed by atoms with E-state index in [0.717, 1.165) is 16.8 Å². The summed E-state index contributed by atoms with van der Waals surface area (Å²) in [5.74, 6) is 1.05. The molecule has 7 heteroatoms. The summed E-state index contributed by atoms with van der Waals surface area (Å²) in [4.78, 5) is 4.53. The van der Waals surface area contributed by atoms with Crippen LogP contribution in [0.4, 0.5) is 23.0 Å². The molecule has 0 saturated heterocycles. The van der Waals surface area contributed by atoms with Crippen molar-refractivity contribution in [3.63, 3.8) is 0 Å². The van der Waals surface area contributed by atoms with Gasteiger partial charge in [-0.1, -0.05) is 12.1 Å². The van der Waals surface area contributed by atoms with E-state index < -0.39 is 0 Å². The van der Waals surface area contributed by atoms with Crippen molar-refractivity contribution in [1.82, 2.24) is 14.8 Å². The van der Waals surface area contributed by atoms with Crippen LogP contribution in [0.1, 0.15) is 26.3 Å². The molecule has 0 unspecified atom stereocenters. The zero-order valence-corrected chi connectivity index (χ0v) is 15.9. The third-order valence-electron chi connectivity index (χ3n) is 3.85. The van der Waals surface area contributed by atoms with Crippen molar-refractivity contribution in [1.29, 1.82) is 5.26 Å². The first-order valence-electron chi connectivity index (χ1n) is 8.60. The van der Waals surface area contributed by atoms with Gasteiger partial charge < -0.3 is 16.4 Å². The number of hydrogen-bond acceptors (Lipinski definition) is 6. The Kier molecular flexibility index (Phi) is 4.74. The maximum absolute atomic E-state index is 9.38. The SMILES string of the molecule is Cn1cc(-c2ccc(Nc3cc(N)c(C#N)c(NC(C)(C)C)n3)cc2)cn1. The largest absolute Gasteiger partial charge is 0.397 e. The van der Waals surface area contributed by atoms with Crippen LogP contribution in [-0.2, 0) is 7.05 Å². The number of nitrogens with zero attached hydrogens (tertiary/aromatic N) is 4. The molecule has 0 atom stereocenters. The van der Waals surface area contributed by atoms with Crippen molar-refractivity contribution < 1.29 is 0 Å². The van der Waals surface area contributed by atoms with Crippen LogP contribution in [-0.4, -0.2) is 20.3 Å². The summed E-state index contributed by atoms with van der Waals surface area (Å²) in [6, 6.07) is 11.8. The van der Waals surface area contributed by atoms with Crippen LogP contribution in [0.25, 0.3) is 11.1 Å². The summed E-state index contributed by atoms with van der Waals surface area (Å²) in [6.07, 6.45) is 3.80. The molecule has 4 N–H and O–H groups in total. The molecular formula is C20H23N7. The van der Waals surface area contributed by atoms with E-state index >= 15 is 0 Å². The van der Waals surface area contributed by atoms with Crippen molar-refractivity contribution in [2.24, 2.45) is 7.05 Å². The number of nitrogens with one attached hydrogen (secondary N) is 2. The molecule has 3 aromatic rings. The number of pyridine rings is 1. The van der Waals surface area contributed by atoms with Gasteiger partial charge in [0.25, 0.3) is 0 Å². The molecule has 0 saturated carbocycles. The van der Waals surface area contributed by atoms with Crippen molar-refractivity contribution in [2.45, 2.75) is 26.3 Å². The summed E-state index contributed by atoms with van der Waals surface area (Å²) >= 11 is 0. The molecule has 7 nitrogen and oxygen atoms in total. The van der Waals surface area contributed by atoms with E-state index in [-0.39, 0.29) is 5.54 Å². The first-order chi connectivity index (χ1) is 12.7. The fraction of sp³-hybridized carbons (Fsp3) is 0.250. The molecule has 0 aliphatic carbocycles. The average molecular weight is 361 g/mol. The Morgan fingerprint density at radius 3 is 2.41 bits per heavy atom. The summed E-state index contributed by atoms with van der Waals surface area (Å²) in [5.41, 5.74) is 9.56. The lowest BCUT2D eigenvalue weighted by Crippen LogP contribution is -2.27. The topological polar surface area (TPSA) is 105 Å². The van der Waals surface area contributed by atoms with Crippen molar-refractivity contribution in [3.05, 3.63) is 48.3 Å². The molecule has 0 aliphatic heterocycles. The number of hydrogen-bond donors (Lipinski definition) is 3. The minimum atomic E-state index is -0.241. The minimum absolute atomic E-state index is 0.241. The number of benzene rings is 1. The third-order valence-corrected chi connectivity index (χ3v) is 3.85. The fourth-order valence-electron chi connectivity index (χ4n) is 2.66. The molecular weight excluding hydrogens is 338 g/mol. The van der Waals surface area contributed by atoms with Gasteiger partial charge in [0, 0.05) is 36.1 Å². The number of aryl methyl sites for hydroxylation is 1. The Morgan fingerprint density at radius 2 is 1.85 bits per heavy atom. The molecule has 2 aromatic heterocycles. The summed E-state index contributed by atoms with van der Waals surface area (Å²) in [5, 5.41) is 20.1. The van der Waals surface area contributed by atoms with Crippen molar-refractivity contribution in [3.8, 4) is 17.2 Å². The van der Waals surface area contributed by atoms with Gasteiger partial charge >= 0.3 is 0 Å². The highest BCUT2D eigenvalue weighted by Gasteiger charge is 2.17. The second-order valence-corrected chi connectivity index (χ2v) is 7.41. The molecule has 0 spiro atoms. The van der Waals surface area contributed by atoms with Crippen LogP contribution in [0.2, 0.25) is 0 Å². The van der Waals surface area contributed by atoms with Gasteiger partial charge in [0.1, 0.15) is 23.3 Å². The van der Waals surface area contributed by atoms with Gasteiger partial charge in [0.15, 0.2) is 0 Å². The summed E-state index contributed by atoms with van der Waals surface area (Å²) in [6.45, 7) is 6.01. The first-order valence-corrected chi connectivity index (χ1v) is 8.60. The highest BCUT2D eigenvalue weighted by Crippen LogP contribution is 2.28. The van der Waals surface area contributed by atoms with Crippen LogP contribution in [0.15, 0.2) is 42.7 Å². The molecule has 0 aliphatic rings. The molecule has 2 heterocycles. The zero-order valence-electron chi connectivity index (χ0n) is 15.9. The fourth-order valence-corrected chi connectivity index (χ4v) is 2.66. The lowest BCUT2D eigenvalue weighted by molar-refractivity contribution is 0.630. The third kappa shape index (κ3) is 4.36. The zero-order chi connectivity index (χ0) is 19.6. The monoisotopic (exact) mass is 361 g/mol. The molecule has 0 fully saturated rings. The predicted octanol–water partition coefficient (Wildman–Crippen LogP) is 3.89.